The first kappa shape index (κ1) is 17.8. The number of rotatable bonds is 3. The lowest BCUT2D eigenvalue weighted by atomic mass is 10.1. The third-order valence-electron chi connectivity index (χ3n) is 4.26. The van der Waals surface area contributed by atoms with Gasteiger partial charge in [-0.2, -0.15) is 0 Å². The second kappa shape index (κ2) is 7.17. The molecule has 3 aromatic carbocycles. The summed E-state index contributed by atoms with van der Waals surface area (Å²) in [5.74, 6) is -0.722. The number of hydrogen-bond donors (Lipinski definition) is 2. The first-order chi connectivity index (χ1) is 13.5. The zero-order valence-electron chi connectivity index (χ0n) is 14.5. The Morgan fingerprint density at radius 2 is 1.36 bits per heavy atom. The van der Waals surface area contributed by atoms with Gasteiger partial charge in [-0.1, -0.05) is 29.8 Å². The second-order valence-electron chi connectivity index (χ2n) is 6.13. The van der Waals surface area contributed by atoms with Crippen LogP contribution >= 0.6 is 11.6 Å². The zero-order valence-corrected chi connectivity index (χ0v) is 15.2. The van der Waals surface area contributed by atoms with Crippen molar-refractivity contribution in [3.8, 4) is 0 Å². The highest BCUT2D eigenvalue weighted by Gasteiger charge is 2.36. The number of nitrogens with zero attached hydrogens (tertiary/aromatic N) is 1. The van der Waals surface area contributed by atoms with E-state index >= 15 is 0 Å². The molecule has 0 saturated heterocycles. The van der Waals surface area contributed by atoms with E-state index in [4.69, 9.17) is 11.6 Å². The highest BCUT2D eigenvalue weighted by molar-refractivity contribution is 6.34. The lowest BCUT2D eigenvalue weighted by Crippen LogP contribution is -2.29. The molecule has 0 unspecified atom stereocenters. The largest absolute Gasteiger partial charge is 0.323 e. The topological polar surface area (TPSA) is 78.5 Å². The fourth-order valence-corrected chi connectivity index (χ4v) is 3.17. The molecule has 2 N–H and O–H groups in total. The van der Waals surface area contributed by atoms with Crippen molar-refractivity contribution in [3.05, 3.63) is 88.9 Å². The van der Waals surface area contributed by atoms with Gasteiger partial charge in [-0.15, -0.1) is 0 Å². The van der Waals surface area contributed by atoms with Crippen LogP contribution in [-0.2, 0) is 0 Å². The summed E-state index contributed by atoms with van der Waals surface area (Å²) in [7, 11) is 0. The highest BCUT2D eigenvalue weighted by Crippen LogP contribution is 2.29. The van der Waals surface area contributed by atoms with E-state index in [9.17, 15) is 14.4 Å². The first-order valence-electron chi connectivity index (χ1n) is 8.44. The van der Waals surface area contributed by atoms with Crippen LogP contribution in [0.4, 0.5) is 21.9 Å². The van der Waals surface area contributed by atoms with E-state index in [1.807, 2.05) is 0 Å². The molecule has 7 heteroatoms. The standard InChI is InChI=1S/C21H14ClN3O3/c22-13-4-3-5-15(12-13)24-21(28)23-14-8-10-16(11-9-14)25-19(26)17-6-1-2-7-18(17)20(25)27/h1-12H,(H2,23,24,28). The van der Waals surface area contributed by atoms with E-state index in [1.54, 1.807) is 72.8 Å². The molecular formula is C21H14ClN3O3. The molecule has 138 valence electrons. The van der Waals surface area contributed by atoms with Crippen molar-refractivity contribution in [2.24, 2.45) is 0 Å². The number of carbonyl (C=O) groups excluding carboxylic acids is 3. The van der Waals surface area contributed by atoms with E-state index in [0.29, 0.717) is 33.2 Å². The number of fused-ring (bicyclic) bond motifs is 1. The summed E-state index contributed by atoms with van der Waals surface area (Å²) < 4.78 is 0. The maximum Gasteiger partial charge on any atom is 0.323 e. The molecule has 1 aliphatic rings. The van der Waals surface area contributed by atoms with Crippen molar-refractivity contribution in [2.75, 3.05) is 15.5 Å². The number of amides is 4. The van der Waals surface area contributed by atoms with Gasteiger partial charge in [-0.3, -0.25) is 9.59 Å². The van der Waals surface area contributed by atoms with Crippen molar-refractivity contribution >= 4 is 46.5 Å². The average molecular weight is 392 g/mol. The van der Waals surface area contributed by atoms with Crippen LogP contribution in [0.5, 0.6) is 0 Å². The maximum atomic E-state index is 12.5. The van der Waals surface area contributed by atoms with E-state index in [1.165, 1.54) is 0 Å². The number of imide groups is 1. The molecule has 0 fully saturated rings. The van der Waals surface area contributed by atoms with Gasteiger partial charge in [0.05, 0.1) is 16.8 Å². The molecule has 4 rings (SSSR count). The molecule has 1 heterocycles. The molecule has 0 atom stereocenters. The van der Waals surface area contributed by atoms with Crippen LogP contribution in [0.1, 0.15) is 20.7 Å². The number of carbonyl (C=O) groups is 3. The van der Waals surface area contributed by atoms with Gasteiger partial charge in [0, 0.05) is 16.4 Å². The fraction of sp³-hybridized carbons (Fsp3) is 0. The van der Waals surface area contributed by atoms with Gasteiger partial charge in [0.15, 0.2) is 0 Å². The highest BCUT2D eigenvalue weighted by atomic mass is 35.5. The Labute approximate surface area is 165 Å². The predicted octanol–water partition coefficient (Wildman–Crippen LogP) is 4.78. The number of nitrogens with one attached hydrogen (secondary N) is 2. The normalized spacial score (nSPS) is 12.7. The van der Waals surface area contributed by atoms with E-state index < -0.39 is 6.03 Å². The monoisotopic (exact) mass is 391 g/mol. The molecule has 0 radical (unpaired) electrons. The molecule has 0 aliphatic carbocycles. The van der Waals surface area contributed by atoms with Crippen molar-refractivity contribution < 1.29 is 14.4 Å². The van der Waals surface area contributed by atoms with Gasteiger partial charge in [0.2, 0.25) is 0 Å². The van der Waals surface area contributed by atoms with Gasteiger partial charge < -0.3 is 10.6 Å². The van der Waals surface area contributed by atoms with Crippen LogP contribution in [0.25, 0.3) is 0 Å². The molecule has 0 aromatic heterocycles. The molecule has 0 bridgehead atoms. The van der Waals surface area contributed by atoms with E-state index in [0.717, 1.165) is 4.90 Å². The minimum atomic E-state index is -0.434. The first-order valence-corrected chi connectivity index (χ1v) is 8.82. The minimum absolute atomic E-state index is 0.361. The summed E-state index contributed by atoms with van der Waals surface area (Å²) in [5.41, 5.74) is 2.28. The molecule has 0 saturated carbocycles. The SMILES string of the molecule is O=C(Nc1ccc(N2C(=O)c3ccccc3C2=O)cc1)Nc1cccc(Cl)c1. The van der Waals surface area contributed by atoms with E-state index in [-0.39, 0.29) is 11.8 Å². The minimum Gasteiger partial charge on any atom is -0.308 e. The number of anilines is 3. The molecule has 4 amide bonds. The van der Waals surface area contributed by atoms with Gasteiger partial charge in [-0.05, 0) is 54.6 Å². The number of hydrogen-bond acceptors (Lipinski definition) is 3. The lowest BCUT2D eigenvalue weighted by Gasteiger charge is -2.14. The second-order valence-corrected chi connectivity index (χ2v) is 6.56. The smallest absolute Gasteiger partial charge is 0.308 e. The fourth-order valence-electron chi connectivity index (χ4n) is 2.98. The van der Waals surface area contributed by atoms with Crippen molar-refractivity contribution in [1.29, 1.82) is 0 Å². The summed E-state index contributed by atoms with van der Waals surface area (Å²) in [6.07, 6.45) is 0. The summed E-state index contributed by atoms with van der Waals surface area (Å²) in [6, 6.07) is 19.5. The zero-order chi connectivity index (χ0) is 19.7. The Morgan fingerprint density at radius 1 is 0.750 bits per heavy atom. The van der Waals surface area contributed by atoms with Crippen LogP contribution in [0, 0.1) is 0 Å². The number of halogens is 1. The lowest BCUT2D eigenvalue weighted by molar-refractivity contribution is 0.0926. The molecule has 1 aliphatic heterocycles. The summed E-state index contributed by atoms with van der Waals surface area (Å²) in [6.45, 7) is 0. The van der Waals surface area contributed by atoms with Gasteiger partial charge in [-0.25, -0.2) is 9.69 Å². The summed E-state index contributed by atoms with van der Waals surface area (Å²) in [5, 5.41) is 5.88. The molecule has 6 nitrogen and oxygen atoms in total. The maximum absolute atomic E-state index is 12.5. The third-order valence-corrected chi connectivity index (χ3v) is 4.50. The Bertz CT molecular complexity index is 1060. The van der Waals surface area contributed by atoms with Crippen molar-refractivity contribution in [2.45, 2.75) is 0 Å². The van der Waals surface area contributed by atoms with Crippen LogP contribution < -0.4 is 15.5 Å². The Kier molecular flexibility index (Phi) is 4.55. The Morgan fingerprint density at radius 3 is 1.96 bits per heavy atom. The summed E-state index contributed by atoms with van der Waals surface area (Å²) in [4.78, 5) is 38.3. The molecule has 28 heavy (non-hydrogen) atoms. The van der Waals surface area contributed by atoms with Crippen LogP contribution in [0.3, 0.4) is 0 Å². The third kappa shape index (κ3) is 3.33. The van der Waals surface area contributed by atoms with Gasteiger partial charge >= 0.3 is 6.03 Å². The quantitative estimate of drug-likeness (QED) is 0.630. The van der Waals surface area contributed by atoms with Crippen molar-refractivity contribution in [3.63, 3.8) is 0 Å². The molecule has 3 aromatic rings. The Hall–Kier alpha value is -3.64. The van der Waals surface area contributed by atoms with Crippen LogP contribution in [0.15, 0.2) is 72.8 Å². The number of benzene rings is 3. The number of urea groups is 1. The predicted molar refractivity (Wildman–Crippen MR) is 108 cm³/mol. The van der Waals surface area contributed by atoms with E-state index in [2.05, 4.69) is 10.6 Å². The molecule has 0 spiro atoms. The van der Waals surface area contributed by atoms with Gasteiger partial charge in [0.1, 0.15) is 0 Å². The van der Waals surface area contributed by atoms with Crippen LogP contribution in [0.2, 0.25) is 5.02 Å². The van der Waals surface area contributed by atoms with Gasteiger partial charge in [0.25, 0.3) is 11.8 Å². The average Bonchev–Trinajstić information content (AvgIpc) is 2.93. The van der Waals surface area contributed by atoms with Crippen molar-refractivity contribution in [1.82, 2.24) is 0 Å². The molecular weight excluding hydrogens is 378 g/mol. The Balaban J connectivity index is 1.47. The van der Waals surface area contributed by atoms with Crippen LogP contribution in [-0.4, -0.2) is 17.8 Å². The summed E-state index contributed by atoms with van der Waals surface area (Å²) >= 11 is 5.89.